The minimum absolute atomic E-state index is 0.0326. The first-order chi connectivity index (χ1) is 10.6. The molecule has 0 heterocycles. The van der Waals surface area contributed by atoms with E-state index in [1.165, 1.54) is 5.56 Å². The number of benzene rings is 1. The summed E-state index contributed by atoms with van der Waals surface area (Å²) in [6, 6.07) is 7.84. The van der Waals surface area contributed by atoms with Crippen LogP contribution in [0.25, 0.3) is 0 Å². The van der Waals surface area contributed by atoms with E-state index in [9.17, 15) is 9.59 Å². The fourth-order valence-corrected chi connectivity index (χ4v) is 1.96. The fraction of sp³-hybridized carbons (Fsp3) is 0.556. The maximum absolute atomic E-state index is 11.8. The van der Waals surface area contributed by atoms with Gasteiger partial charge in [0, 0.05) is 18.0 Å². The summed E-state index contributed by atoms with van der Waals surface area (Å²) in [4.78, 5) is 23.5. The van der Waals surface area contributed by atoms with Crippen molar-refractivity contribution >= 4 is 11.8 Å². The molecule has 5 heteroatoms. The molecule has 0 radical (unpaired) electrons. The predicted octanol–water partition coefficient (Wildman–Crippen LogP) is 2.09. The average Bonchev–Trinajstić information content (AvgIpc) is 2.49. The third kappa shape index (κ3) is 6.40. The fourth-order valence-electron chi connectivity index (χ4n) is 1.96. The number of hydrogen-bond donors (Lipinski definition) is 3. The van der Waals surface area contributed by atoms with E-state index in [-0.39, 0.29) is 24.4 Å². The van der Waals surface area contributed by atoms with Gasteiger partial charge < -0.3 is 16.4 Å². The quantitative estimate of drug-likeness (QED) is 0.750. The van der Waals surface area contributed by atoms with Crippen molar-refractivity contribution in [3.05, 3.63) is 35.4 Å². The molecule has 4 N–H and O–H groups in total. The van der Waals surface area contributed by atoms with E-state index in [2.05, 4.69) is 36.6 Å². The highest BCUT2D eigenvalue weighted by Gasteiger charge is 2.21. The summed E-state index contributed by atoms with van der Waals surface area (Å²) in [5, 5.41) is 5.36. The lowest BCUT2D eigenvalue weighted by atomic mass is 9.96. The van der Waals surface area contributed by atoms with Gasteiger partial charge in [-0.25, -0.2) is 0 Å². The molecule has 0 fully saturated rings. The number of carbonyl (C=O) groups is 2. The van der Waals surface area contributed by atoms with Crippen LogP contribution in [0.4, 0.5) is 0 Å². The van der Waals surface area contributed by atoms with Crippen LogP contribution in [0.3, 0.4) is 0 Å². The van der Waals surface area contributed by atoms with Crippen LogP contribution >= 0.6 is 0 Å². The molecule has 0 aliphatic heterocycles. The van der Waals surface area contributed by atoms with E-state index in [0.29, 0.717) is 12.5 Å². The van der Waals surface area contributed by atoms with Crippen LogP contribution in [0, 0.1) is 5.41 Å². The van der Waals surface area contributed by atoms with Gasteiger partial charge in [0.1, 0.15) is 0 Å². The topological polar surface area (TPSA) is 84.2 Å². The van der Waals surface area contributed by atoms with E-state index in [1.54, 1.807) is 20.8 Å². The lowest BCUT2D eigenvalue weighted by molar-refractivity contribution is -0.131. The average molecular weight is 319 g/mol. The summed E-state index contributed by atoms with van der Waals surface area (Å²) in [6.45, 7) is 9.99. The van der Waals surface area contributed by atoms with E-state index < -0.39 is 5.41 Å². The molecule has 1 atom stereocenters. The largest absolute Gasteiger partial charge is 0.353 e. The second-order valence-electron chi connectivity index (χ2n) is 7.16. The molecular weight excluding hydrogens is 290 g/mol. The number of rotatable bonds is 6. The standard InChI is InChI=1S/C18H29N3O2/c1-12(2)13-6-8-14(9-7-13)15(19)10-20-16(22)11-21-17(23)18(3,4)5/h6-9,12,15H,10-11,19H2,1-5H3,(H,20,22)(H,21,23). The second kappa shape index (κ2) is 8.11. The Morgan fingerprint density at radius 2 is 1.57 bits per heavy atom. The van der Waals surface area contributed by atoms with Crippen molar-refractivity contribution in [1.82, 2.24) is 10.6 Å². The number of nitrogens with two attached hydrogens (primary N) is 1. The minimum atomic E-state index is -0.505. The molecule has 128 valence electrons. The van der Waals surface area contributed by atoms with Gasteiger partial charge in [-0.2, -0.15) is 0 Å². The van der Waals surface area contributed by atoms with Gasteiger partial charge in [-0.15, -0.1) is 0 Å². The Balaban J connectivity index is 2.42. The van der Waals surface area contributed by atoms with Gasteiger partial charge in [-0.1, -0.05) is 58.9 Å². The zero-order valence-corrected chi connectivity index (χ0v) is 14.8. The first kappa shape index (κ1) is 19.2. The van der Waals surface area contributed by atoms with Gasteiger partial charge >= 0.3 is 0 Å². The zero-order chi connectivity index (χ0) is 17.6. The summed E-state index contributed by atoms with van der Waals surface area (Å²) in [5.74, 6) is 0.0875. The van der Waals surface area contributed by atoms with Gasteiger partial charge in [-0.3, -0.25) is 9.59 Å². The Labute approximate surface area is 139 Å². The van der Waals surface area contributed by atoms with Crippen molar-refractivity contribution in [1.29, 1.82) is 0 Å². The van der Waals surface area contributed by atoms with Gasteiger partial charge in [0.2, 0.25) is 11.8 Å². The third-order valence-electron chi connectivity index (χ3n) is 3.64. The molecule has 1 aromatic rings. The highest BCUT2D eigenvalue weighted by molar-refractivity contribution is 5.87. The monoisotopic (exact) mass is 319 g/mol. The maximum Gasteiger partial charge on any atom is 0.239 e. The smallest absolute Gasteiger partial charge is 0.239 e. The molecule has 0 saturated carbocycles. The molecule has 5 nitrogen and oxygen atoms in total. The maximum atomic E-state index is 11.8. The van der Waals surface area contributed by atoms with E-state index in [1.807, 2.05) is 12.1 Å². The number of hydrogen-bond acceptors (Lipinski definition) is 3. The molecule has 0 aliphatic rings. The predicted molar refractivity (Wildman–Crippen MR) is 92.9 cm³/mol. The molecular formula is C18H29N3O2. The van der Waals surface area contributed by atoms with Crippen molar-refractivity contribution in [2.75, 3.05) is 13.1 Å². The minimum Gasteiger partial charge on any atom is -0.353 e. The van der Waals surface area contributed by atoms with Crippen LogP contribution in [0.1, 0.15) is 57.7 Å². The van der Waals surface area contributed by atoms with Crippen molar-refractivity contribution in [3.63, 3.8) is 0 Å². The van der Waals surface area contributed by atoms with Crippen molar-refractivity contribution in [3.8, 4) is 0 Å². The van der Waals surface area contributed by atoms with E-state index >= 15 is 0 Å². The molecule has 1 unspecified atom stereocenters. The number of nitrogens with one attached hydrogen (secondary N) is 2. The van der Waals surface area contributed by atoms with Gasteiger partial charge in [0.05, 0.1) is 6.54 Å². The summed E-state index contributed by atoms with van der Waals surface area (Å²) < 4.78 is 0. The Morgan fingerprint density at radius 1 is 1.04 bits per heavy atom. The lowest BCUT2D eigenvalue weighted by Gasteiger charge is -2.18. The van der Waals surface area contributed by atoms with E-state index in [0.717, 1.165) is 5.56 Å². The molecule has 0 spiro atoms. The molecule has 0 aliphatic carbocycles. The third-order valence-corrected chi connectivity index (χ3v) is 3.64. The molecule has 0 saturated heterocycles. The number of carbonyl (C=O) groups excluding carboxylic acids is 2. The van der Waals surface area contributed by atoms with Crippen LogP contribution < -0.4 is 16.4 Å². The van der Waals surface area contributed by atoms with Crippen LogP contribution in [-0.4, -0.2) is 24.9 Å². The highest BCUT2D eigenvalue weighted by Crippen LogP contribution is 2.17. The van der Waals surface area contributed by atoms with Crippen LogP contribution in [0.2, 0.25) is 0 Å². The molecule has 0 bridgehead atoms. The van der Waals surface area contributed by atoms with Gasteiger partial charge in [-0.05, 0) is 17.0 Å². The summed E-state index contributed by atoms with van der Waals surface area (Å²) in [7, 11) is 0. The first-order valence-electron chi connectivity index (χ1n) is 8.01. The van der Waals surface area contributed by atoms with E-state index in [4.69, 9.17) is 5.73 Å². The SMILES string of the molecule is CC(C)c1ccc(C(N)CNC(=O)CNC(=O)C(C)(C)C)cc1. The number of amides is 2. The Morgan fingerprint density at radius 3 is 2.04 bits per heavy atom. The molecule has 23 heavy (non-hydrogen) atoms. The molecule has 2 amide bonds. The van der Waals surface area contributed by atoms with Crippen LogP contribution in [0.5, 0.6) is 0 Å². The first-order valence-corrected chi connectivity index (χ1v) is 8.01. The van der Waals surface area contributed by atoms with Gasteiger partial charge in [0.15, 0.2) is 0 Å². The molecule has 0 aromatic heterocycles. The van der Waals surface area contributed by atoms with Crippen molar-refractivity contribution in [2.45, 2.75) is 46.6 Å². The van der Waals surface area contributed by atoms with Crippen LogP contribution in [0.15, 0.2) is 24.3 Å². The normalized spacial score (nSPS) is 12.8. The zero-order valence-electron chi connectivity index (χ0n) is 14.8. The summed E-state index contributed by atoms with van der Waals surface area (Å²) in [6.07, 6.45) is 0. The van der Waals surface area contributed by atoms with Crippen molar-refractivity contribution < 1.29 is 9.59 Å². The Kier molecular flexibility index (Phi) is 6.76. The van der Waals surface area contributed by atoms with Crippen molar-refractivity contribution in [2.24, 2.45) is 11.1 Å². The summed E-state index contributed by atoms with van der Waals surface area (Å²) in [5.41, 5.74) is 7.83. The second-order valence-corrected chi connectivity index (χ2v) is 7.16. The molecule has 1 aromatic carbocycles. The molecule has 1 rings (SSSR count). The van der Waals surface area contributed by atoms with Crippen LogP contribution in [-0.2, 0) is 9.59 Å². The summed E-state index contributed by atoms with van der Waals surface area (Å²) >= 11 is 0. The lowest BCUT2D eigenvalue weighted by Crippen LogP contribution is -2.43. The Hall–Kier alpha value is -1.88. The Bertz CT molecular complexity index is 530. The van der Waals surface area contributed by atoms with Gasteiger partial charge in [0.25, 0.3) is 0 Å². The highest BCUT2D eigenvalue weighted by atomic mass is 16.2.